The first-order valence-corrected chi connectivity index (χ1v) is 6.21. The lowest BCUT2D eigenvalue weighted by molar-refractivity contribution is 0.253. The molecule has 1 aliphatic heterocycles. The van der Waals surface area contributed by atoms with Crippen LogP contribution in [0.2, 0.25) is 0 Å². The fourth-order valence-corrected chi connectivity index (χ4v) is 3.16. The fourth-order valence-electron chi connectivity index (χ4n) is 2.89. The van der Waals surface area contributed by atoms with E-state index in [1.54, 1.807) is 0 Å². The van der Waals surface area contributed by atoms with Crippen LogP contribution in [-0.2, 0) is 0 Å². The van der Waals surface area contributed by atoms with Crippen LogP contribution in [0.4, 0.5) is 0 Å². The summed E-state index contributed by atoms with van der Waals surface area (Å²) in [6.07, 6.45) is 8.14. The monoisotopic (exact) mass is 212 g/mol. The van der Waals surface area contributed by atoms with Gasteiger partial charge in [-0.2, -0.15) is 0 Å². The first-order chi connectivity index (χ1) is 6.77. The molecule has 0 aromatic heterocycles. The zero-order valence-corrected chi connectivity index (χ0v) is 9.56. The molecule has 1 unspecified atom stereocenters. The Balaban J connectivity index is 1.86. The third kappa shape index (κ3) is 2.26. The maximum atomic E-state index is 5.75. The molecule has 2 N–H and O–H groups in total. The van der Waals surface area contributed by atoms with Crippen LogP contribution >= 0.6 is 12.2 Å². The van der Waals surface area contributed by atoms with Gasteiger partial charge in [0.25, 0.3) is 0 Å². The van der Waals surface area contributed by atoms with E-state index in [0.717, 1.165) is 5.92 Å². The second-order valence-electron chi connectivity index (χ2n) is 4.71. The van der Waals surface area contributed by atoms with E-state index in [9.17, 15) is 0 Å². The summed E-state index contributed by atoms with van der Waals surface area (Å²) < 4.78 is 0. The van der Waals surface area contributed by atoms with Crippen molar-refractivity contribution >= 4 is 17.2 Å². The Morgan fingerprint density at radius 1 is 1.21 bits per heavy atom. The normalized spacial score (nSPS) is 29.9. The molecule has 1 saturated heterocycles. The topological polar surface area (TPSA) is 29.3 Å². The highest BCUT2D eigenvalue weighted by molar-refractivity contribution is 7.80. The van der Waals surface area contributed by atoms with Crippen LogP contribution in [0.1, 0.15) is 38.5 Å². The summed E-state index contributed by atoms with van der Waals surface area (Å²) >= 11 is 5.11. The Morgan fingerprint density at radius 2 is 1.93 bits per heavy atom. The van der Waals surface area contributed by atoms with Crippen LogP contribution in [0.3, 0.4) is 0 Å². The molecule has 80 valence electrons. The van der Waals surface area contributed by atoms with Gasteiger partial charge < -0.3 is 5.73 Å². The maximum absolute atomic E-state index is 5.75. The summed E-state index contributed by atoms with van der Waals surface area (Å²) in [6, 6.07) is 0.408. The van der Waals surface area contributed by atoms with Crippen molar-refractivity contribution in [2.24, 2.45) is 11.7 Å². The van der Waals surface area contributed by atoms with Gasteiger partial charge in [0.05, 0.1) is 11.0 Å². The van der Waals surface area contributed by atoms with Gasteiger partial charge in [-0.1, -0.05) is 25.1 Å². The molecule has 1 atom stereocenters. The maximum Gasteiger partial charge on any atom is 0.0902 e. The van der Waals surface area contributed by atoms with E-state index < -0.39 is 0 Å². The summed E-state index contributed by atoms with van der Waals surface area (Å²) in [5.41, 5.74) is 5.75. The van der Waals surface area contributed by atoms with Crippen molar-refractivity contribution in [2.75, 3.05) is 13.1 Å². The molecule has 1 saturated carbocycles. The zero-order valence-electron chi connectivity index (χ0n) is 8.74. The Labute approximate surface area is 91.8 Å². The Kier molecular flexibility index (Phi) is 3.39. The van der Waals surface area contributed by atoms with Crippen LogP contribution in [0.5, 0.6) is 0 Å². The number of nitrogens with two attached hydrogens (primary N) is 1. The Bertz CT molecular complexity index is 211. The van der Waals surface area contributed by atoms with Crippen molar-refractivity contribution in [2.45, 2.75) is 44.6 Å². The minimum Gasteiger partial charge on any atom is -0.392 e. The molecule has 2 rings (SSSR count). The number of nitrogens with zero attached hydrogens (tertiary/aromatic N) is 1. The van der Waals surface area contributed by atoms with Crippen molar-refractivity contribution in [3.05, 3.63) is 0 Å². The van der Waals surface area contributed by atoms with Gasteiger partial charge in [0, 0.05) is 6.54 Å². The van der Waals surface area contributed by atoms with Crippen LogP contribution in [0.15, 0.2) is 0 Å². The minimum absolute atomic E-state index is 0.408. The Hall–Kier alpha value is -0.150. The van der Waals surface area contributed by atoms with E-state index in [4.69, 9.17) is 18.0 Å². The quantitative estimate of drug-likeness (QED) is 0.725. The van der Waals surface area contributed by atoms with Gasteiger partial charge in [-0.05, 0) is 38.1 Å². The van der Waals surface area contributed by atoms with Crippen molar-refractivity contribution in [3.8, 4) is 0 Å². The van der Waals surface area contributed by atoms with Crippen molar-refractivity contribution < 1.29 is 0 Å². The van der Waals surface area contributed by atoms with Gasteiger partial charge in [-0.3, -0.25) is 4.90 Å². The lowest BCUT2D eigenvalue weighted by atomic mass is 10.1. The van der Waals surface area contributed by atoms with Gasteiger partial charge >= 0.3 is 0 Å². The van der Waals surface area contributed by atoms with Crippen molar-refractivity contribution in [1.29, 1.82) is 0 Å². The second-order valence-corrected chi connectivity index (χ2v) is 5.18. The predicted molar refractivity (Wildman–Crippen MR) is 63.3 cm³/mol. The highest BCUT2D eigenvalue weighted by Gasteiger charge is 2.29. The summed E-state index contributed by atoms with van der Waals surface area (Å²) in [5, 5.41) is 0. The average molecular weight is 212 g/mol. The van der Waals surface area contributed by atoms with Crippen LogP contribution < -0.4 is 5.73 Å². The first-order valence-electron chi connectivity index (χ1n) is 5.81. The standard InChI is InChI=1S/C11H20N2S/c12-11(14)10-6-3-7-13(10)8-9-4-1-2-5-9/h9-10H,1-8H2,(H2,12,14). The van der Waals surface area contributed by atoms with E-state index in [2.05, 4.69) is 4.90 Å². The van der Waals surface area contributed by atoms with Gasteiger partial charge in [0.1, 0.15) is 0 Å². The van der Waals surface area contributed by atoms with E-state index in [1.165, 1.54) is 51.6 Å². The highest BCUT2D eigenvalue weighted by atomic mass is 32.1. The molecule has 2 nitrogen and oxygen atoms in total. The second kappa shape index (κ2) is 4.58. The fraction of sp³-hybridized carbons (Fsp3) is 0.909. The summed E-state index contributed by atoms with van der Waals surface area (Å²) in [5.74, 6) is 0.921. The van der Waals surface area contributed by atoms with Crippen LogP contribution in [0.25, 0.3) is 0 Å². The molecule has 0 spiro atoms. The molecule has 0 radical (unpaired) electrons. The molecular formula is C11H20N2S. The molecule has 0 amide bonds. The van der Waals surface area contributed by atoms with Crippen molar-refractivity contribution in [1.82, 2.24) is 4.90 Å². The van der Waals surface area contributed by atoms with E-state index in [-0.39, 0.29) is 0 Å². The smallest absolute Gasteiger partial charge is 0.0902 e. The van der Waals surface area contributed by atoms with Gasteiger partial charge in [0.2, 0.25) is 0 Å². The molecule has 1 heterocycles. The lowest BCUT2D eigenvalue weighted by Gasteiger charge is -2.26. The molecule has 2 aliphatic rings. The highest BCUT2D eigenvalue weighted by Crippen LogP contribution is 2.28. The summed E-state index contributed by atoms with van der Waals surface area (Å²) in [7, 11) is 0. The molecule has 0 bridgehead atoms. The van der Waals surface area contributed by atoms with Crippen molar-refractivity contribution in [3.63, 3.8) is 0 Å². The molecule has 0 aromatic carbocycles. The molecule has 0 aromatic rings. The molecule has 1 aliphatic carbocycles. The largest absolute Gasteiger partial charge is 0.392 e. The van der Waals surface area contributed by atoms with Crippen LogP contribution in [-0.4, -0.2) is 29.0 Å². The number of hydrogen-bond donors (Lipinski definition) is 1. The molecule has 2 fully saturated rings. The lowest BCUT2D eigenvalue weighted by Crippen LogP contribution is -2.41. The van der Waals surface area contributed by atoms with Crippen LogP contribution in [0, 0.1) is 5.92 Å². The third-order valence-corrected chi connectivity index (χ3v) is 3.93. The summed E-state index contributed by atoms with van der Waals surface area (Å²) in [6.45, 7) is 2.44. The van der Waals surface area contributed by atoms with E-state index in [1.807, 2.05) is 0 Å². The summed E-state index contributed by atoms with van der Waals surface area (Å²) in [4.78, 5) is 3.22. The Morgan fingerprint density at radius 3 is 2.57 bits per heavy atom. The average Bonchev–Trinajstić information content (AvgIpc) is 2.75. The number of hydrogen-bond acceptors (Lipinski definition) is 2. The van der Waals surface area contributed by atoms with E-state index in [0.29, 0.717) is 11.0 Å². The number of rotatable bonds is 3. The molecular weight excluding hydrogens is 192 g/mol. The zero-order chi connectivity index (χ0) is 9.97. The van der Waals surface area contributed by atoms with Gasteiger partial charge in [0.15, 0.2) is 0 Å². The van der Waals surface area contributed by atoms with Gasteiger partial charge in [-0.15, -0.1) is 0 Å². The molecule has 3 heteroatoms. The molecule has 14 heavy (non-hydrogen) atoms. The van der Waals surface area contributed by atoms with Gasteiger partial charge in [-0.25, -0.2) is 0 Å². The van der Waals surface area contributed by atoms with E-state index >= 15 is 0 Å². The number of likely N-dealkylation sites (tertiary alicyclic amines) is 1. The predicted octanol–water partition coefficient (Wildman–Crippen LogP) is 1.93. The number of thiocarbonyl (C=S) groups is 1. The third-order valence-electron chi connectivity index (χ3n) is 3.66. The first kappa shape index (κ1) is 10.4. The minimum atomic E-state index is 0.408. The SMILES string of the molecule is NC(=S)C1CCCN1CC1CCCC1.